The summed E-state index contributed by atoms with van der Waals surface area (Å²) in [6.45, 7) is 5.47. The third-order valence-electron chi connectivity index (χ3n) is 5.75. The standard InChI is InChI=1S/C26H23F2N9O/c1-14-6-20(9-21-7-15(2)35-36-21)34-25(32-14)18-8-22(28)24(30-11-18)26(38)33-16(3)17-4-5-23(29-10-17)37-13-19(27)12-31-37/h4-8,10-13,16H,9H2,1-3H3,(H,33,38)(H,35,36)/t16-/m0/s1. The van der Waals surface area contributed by atoms with Crippen LogP contribution in [0.3, 0.4) is 0 Å². The summed E-state index contributed by atoms with van der Waals surface area (Å²) in [6.07, 6.45) is 5.68. The summed E-state index contributed by atoms with van der Waals surface area (Å²) in [5.41, 5.74) is 3.89. The molecule has 5 heterocycles. The zero-order valence-electron chi connectivity index (χ0n) is 20.8. The molecule has 2 N–H and O–H groups in total. The molecule has 0 saturated heterocycles. The molecule has 0 unspecified atom stereocenters. The molecular weight excluding hydrogens is 492 g/mol. The minimum absolute atomic E-state index is 0.308. The predicted octanol–water partition coefficient (Wildman–Crippen LogP) is 3.82. The van der Waals surface area contributed by atoms with Gasteiger partial charge in [0.15, 0.2) is 29.0 Å². The number of halogens is 2. The maximum Gasteiger partial charge on any atom is 0.273 e. The van der Waals surface area contributed by atoms with E-state index in [2.05, 4.69) is 40.5 Å². The zero-order valence-corrected chi connectivity index (χ0v) is 20.8. The summed E-state index contributed by atoms with van der Waals surface area (Å²) in [6, 6.07) is 7.83. The highest BCUT2D eigenvalue weighted by molar-refractivity contribution is 5.93. The Morgan fingerprint density at radius 1 is 1.05 bits per heavy atom. The number of aromatic nitrogens is 8. The highest BCUT2D eigenvalue weighted by Crippen LogP contribution is 2.20. The van der Waals surface area contributed by atoms with Gasteiger partial charge in [-0.05, 0) is 50.6 Å². The fourth-order valence-electron chi connectivity index (χ4n) is 3.89. The number of amides is 1. The van der Waals surface area contributed by atoms with Crippen LogP contribution in [0.2, 0.25) is 0 Å². The van der Waals surface area contributed by atoms with Gasteiger partial charge in [-0.15, -0.1) is 0 Å². The lowest BCUT2D eigenvalue weighted by atomic mass is 10.1. The van der Waals surface area contributed by atoms with Gasteiger partial charge in [0.1, 0.15) is 0 Å². The van der Waals surface area contributed by atoms with Crippen molar-refractivity contribution in [3.63, 3.8) is 0 Å². The van der Waals surface area contributed by atoms with E-state index in [1.54, 1.807) is 19.1 Å². The van der Waals surface area contributed by atoms with Gasteiger partial charge in [0.2, 0.25) is 0 Å². The van der Waals surface area contributed by atoms with Crippen LogP contribution in [0, 0.1) is 25.5 Å². The normalized spacial score (nSPS) is 11.9. The summed E-state index contributed by atoms with van der Waals surface area (Å²) in [4.78, 5) is 30.0. The number of rotatable bonds is 7. The Hall–Kier alpha value is -4.87. The van der Waals surface area contributed by atoms with Gasteiger partial charge >= 0.3 is 0 Å². The maximum atomic E-state index is 15.0. The van der Waals surface area contributed by atoms with E-state index < -0.39 is 23.6 Å². The van der Waals surface area contributed by atoms with Gasteiger partial charge in [-0.3, -0.25) is 9.89 Å². The molecule has 5 rings (SSSR count). The Kier molecular flexibility index (Phi) is 6.69. The minimum Gasteiger partial charge on any atom is -0.344 e. The Morgan fingerprint density at radius 2 is 1.89 bits per heavy atom. The molecule has 1 atom stereocenters. The molecule has 12 heteroatoms. The minimum atomic E-state index is -0.795. The van der Waals surface area contributed by atoms with Crippen LogP contribution in [-0.4, -0.2) is 45.8 Å². The van der Waals surface area contributed by atoms with E-state index in [4.69, 9.17) is 0 Å². The molecular formula is C26H23F2N9O. The van der Waals surface area contributed by atoms with Crippen molar-refractivity contribution >= 4 is 5.91 Å². The fraction of sp³-hybridized carbons (Fsp3) is 0.192. The van der Waals surface area contributed by atoms with Crippen molar-refractivity contribution in [3.05, 3.63) is 101 Å². The predicted molar refractivity (Wildman–Crippen MR) is 133 cm³/mol. The molecule has 0 fully saturated rings. The Balaban J connectivity index is 1.29. The summed E-state index contributed by atoms with van der Waals surface area (Å²) in [7, 11) is 0. The first kappa shape index (κ1) is 24.8. The van der Waals surface area contributed by atoms with Gasteiger partial charge in [-0.2, -0.15) is 10.2 Å². The molecule has 10 nitrogen and oxygen atoms in total. The first-order valence-corrected chi connectivity index (χ1v) is 11.7. The molecule has 0 aliphatic carbocycles. The van der Waals surface area contributed by atoms with Crippen molar-refractivity contribution < 1.29 is 13.6 Å². The van der Waals surface area contributed by atoms with E-state index in [-0.39, 0.29) is 5.69 Å². The lowest BCUT2D eigenvalue weighted by molar-refractivity contribution is 0.0930. The van der Waals surface area contributed by atoms with E-state index in [9.17, 15) is 13.6 Å². The average molecular weight is 516 g/mol. The monoisotopic (exact) mass is 515 g/mol. The largest absolute Gasteiger partial charge is 0.344 e. The van der Waals surface area contributed by atoms with Gasteiger partial charge in [0.25, 0.3) is 5.91 Å². The van der Waals surface area contributed by atoms with E-state index in [1.807, 2.05) is 26.0 Å². The number of carbonyl (C=O) groups is 1. The topological polar surface area (TPSA) is 127 Å². The van der Waals surface area contributed by atoms with Crippen LogP contribution in [0.25, 0.3) is 17.2 Å². The lowest BCUT2D eigenvalue weighted by Crippen LogP contribution is -2.28. The number of pyridine rings is 2. The van der Waals surface area contributed by atoms with Gasteiger partial charge in [-0.25, -0.2) is 33.4 Å². The number of H-pyrrole nitrogens is 1. The third-order valence-corrected chi connectivity index (χ3v) is 5.75. The maximum absolute atomic E-state index is 15.0. The molecule has 0 spiro atoms. The Labute approximate surface area is 216 Å². The van der Waals surface area contributed by atoms with Crippen LogP contribution in [0.15, 0.2) is 55.1 Å². The van der Waals surface area contributed by atoms with Crippen molar-refractivity contribution in [2.45, 2.75) is 33.2 Å². The quantitative estimate of drug-likeness (QED) is 0.337. The highest BCUT2D eigenvalue weighted by Gasteiger charge is 2.19. The zero-order chi connectivity index (χ0) is 26.8. The molecule has 5 aromatic heterocycles. The number of hydrogen-bond acceptors (Lipinski definition) is 7. The second kappa shape index (κ2) is 10.2. The molecule has 0 radical (unpaired) electrons. The van der Waals surface area contributed by atoms with Crippen molar-refractivity contribution in [2.24, 2.45) is 0 Å². The molecule has 0 bridgehead atoms. The molecule has 192 valence electrons. The summed E-state index contributed by atoms with van der Waals surface area (Å²) in [5.74, 6) is -1.23. The number of nitrogens with one attached hydrogen (secondary N) is 2. The first-order valence-electron chi connectivity index (χ1n) is 11.7. The van der Waals surface area contributed by atoms with E-state index in [0.29, 0.717) is 34.9 Å². The van der Waals surface area contributed by atoms with Gasteiger partial charge in [0.05, 0.1) is 29.8 Å². The van der Waals surface area contributed by atoms with Crippen molar-refractivity contribution in [1.29, 1.82) is 0 Å². The van der Waals surface area contributed by atoms with Crippen molar-refractivity contribution in [1.82, 2.24) is 45.2 Å². The molecule has 5 aromatic rings. The van der Waals surface area contributed by atoms with E-state index in [0.717, 1.165) is 23.3 Å². The number of aromatic amines is 1. The van der Waals surface area contributed by atoms with E-state index in [1.165, 1.54) is 29.3 Å². The average Bonchev–Trinajstić information content (AvgIpc) is 3.51. The third kappa shape index (κ3) is 5.43. The van der Waals surface area contributed by atoms with Gasteiger partial charge < -0.3 is 5.32 Å². The first-order chi connectivity index (χ1) is 18.2. The van der Waals surface area contributed by atoms with Crippen molar-refractivity contribution in [2.75, 3.05) is 0 Å². The van der Waals surface area contributed by atoms with Gasteiger partial charge in [0, 0.05) is 35.8 Å². The summed E-state index contributed by atoms with van der Waals surface area (Å²) < 4.78 is 29.5. The van der Waals surface area contributed by atoms with Gasteiger partial charge in [-0.1, -0.05) is 6.07 Å². The number of hydrogen-bond donors (Lipinski definition) is 2. The second-order valence-corrected chi connectivity index (χ2v) is 8.85. The molecule has 0 aliphatic heterocycles. The second-order valence-electron chi connectivity index (χ2n) is 8.85. The van der Waals surface area contributed by atoms with Crippen LogP contribution in [0.1, 0.15) is 51.8 Å². The Bertz CT molecular complexity index is 1610. The van der Waals surface area contributed by atoms with Crippen LogP contribution >= 0.6 is 0 Å². The number of carbonyl (C=O) groups excluding carboxylic acids is 1. The molecule has 0 saturated carbocycles. The molecule has 0 aliphatic rings. The number of aryl methyl sites for hydroxylation is 2. The fourth-order valence-corrected chi connectivity index (χ4v) is 3.89. The molecule has 38 heavy (non-hydrogen) atoms. The Morgan fingerprint density at radius 3 is 2.55 bits per heavy atom. The van der Waals surface area contributed by atoms with Crippen molar-refractivity contribution in [3.8, 4) is 17.2 Å². The SMILES string of the molecule is Cc1cc(Cc2cc(C)[nH]n2)nc(-c2cnc(C(=O)N[C@@H](C)c3ccc(-n4cc(F)cn4)nc3)c(F)c2)n1. The van der Waals surface area contributed by atoms with Crippen LogP contribution in [0.4, 0.5) is 8.78 Å². The molecule has 0 aromatic carbocycles. The molecule has 1 amide bonds. The highest BCUT2D eigenvalue weighted by atomic mass is 19.1. The summed E-state index contributed by atoms with van der Waals surface area (Å²) in [5, 5.41) is 13.7. The summed E-state index contributed by atoms with van der Waals surface area (Å²) >= 11 is 0. The van der Waals surface area contributed by atoms with Crippen LogP contribution in [0.5, 0.6) is 0 Å². The van der Waals surface area contributed by atoms with Crippen LogP contribution in [-0.2, 0) is 6.42 Å². The smallest absolute Gasteiger partial charge is 0.273 e. The van der Waals surface area contributed by atoms with Crippen LogP contribution < -0.4 is 5.32 Å². The lowest BCUT2D eigenvalue weighted by Gasteiger charge is -2.14. The number of nitrogens with zero attached hydrogens (tertiary/aromatic N) is 7. The van der Waals surface area contributed by atoms with E-state index >= 15 is 0 Å².